The molecule has 0 saturated carbocycles. The van der Waals surface area contributed by atoms with Crippen LogP contribution in [0.2, 0.25) is 0 Å². The molecule has 0 bridgehead atoms. The molecule has 1 saturated heterocycles. The van der Waals surface area contributed by atoms with E-state index in [-0.39, 0.29) is 6.23 Å². The van der Waals surface area contributed by atoms with E-state index in [0.717, 1.165) is 0 Å². The van der Waals surface area contributed by atoms with Crippen molar-refractivity contribution in [2.24, 2.45) is 0 Å². The first-order valence-corrected chi connectivity index (χ1v) is 10.1. The van der Waals surface area contributed by atoms with Crippen LogP contribution in [0.15, 0.2) is 67.3 Å². The smallest absolute Gasteiger partial charge is 0.414 e. The van der Waals surface area contributed by atoms with Gasteiger partial charge in [-0.2, -0.15) is 0 Å². The summed E-state index contributed by atoms with van der Waals surface area (Å²) in [5.74, 6) is -3.65. The molecule has 1 aromatic heterocycles. The highest BCUT2D eigenvalue weighted by molar-refractivity contribution is 14.1. The second-order valence-corrected chi connectivity index (χ2v) is 8.22. The Bertz CT molecular complexity index is 980. The summed E-state index contributed by atoms with van der Waals surface area (Å²) in [5.41, 5.74) is 1.95. The van der Waals surface area contributed by atoms with Gasteiger partial charge in [-0.05, 0) is 68.9 Å². The standard InChI is InChI=1S/C17H12I2N2O.C2H2O4/c18-13-7-5-12(6-8-13)17(14-3-1-2-4-15(14)19)16(22-17)21-10-9-20-11-21;3-1(4)2(5)6/h1-11,16H;(H,3,4)(H,5,6). The molecule has 2 unspecified atom stereocenters. The number of ether oxygens (including phenoxy) is 1. The fraction of sp³-hybridized carbons (Fsp3) is 0.105. The molecule has 4 rings (SSSR count). The van der Waals surface area contributed by atoms with E-state index in [4.69, 9.17) is 24.5 Å². The zero-order valence-electron chi connectivity index (χ0n) is 14.2. The van der Waals surface area contributed by atoms with Crippen LogP contribution in [0.4, 0.5) is 0 Å². The van der Waals surface area contributed by atoms with Crippen molar-refractivity contribution in [2.75, 3.05) is 0 Å². The molecule has 144 valence electrons. The fourth-order valence-electron chi connectivity index (χ4n) is 2.84. The molecule has 2 atom stereocenters. The SMILES string of the molecule is Ic1ccc(C2(c3ccccc3I)OC2n2ccnc2)cc1.O=C(O)C(=O)O. The van der Waals surface area contributed by atoms with Gasteiger partial charge in [-0.1, -0.05) is 30.3 Å². The van der Waals surface area contributed by atoms with Gasteiger partial charge in [-0.3, -0.25) is 0 Å². The zero-order chi connectivity index (χ0) is 20.3. The molecule has 3 aromatic rings. The predicted octanol–water partition coefficient (Wildman–Crippen LogP) is 3.72. The van der Waals surface area contributed by atoms with Gasteiger partial charge in [0.25, 0.3) is 0 Å². The van der Waals surface area contributed by atoms with Crippen LogP contribution in [0, 0.1) is 7.14 Å². The summed E-state index contributed by atoms with van der Waals surface area (Å²) in [5, 5.41) is 14.8. The van der Waals surface area contributed by atoms with Gasteiger partial charge in [0.2, 0.25) is 0 Å². The third-order valence-corrected chi connectivity index (χ3v) is 5.77. The van der Waals surface area contributed by atoms with Gasteiger partial charge in [0.15, 0.2) is 11.8 Å². The number of rotatable bonds is 3. The van der Waals surface area contributed by atoms with E-state index in [1.54, 1.807) is 6.20 Å². The van der Waals surface area contributed by atoms with Crippen molar-refractivity contribution in [1.29, 1.82) is 0 Å². The van der Waals surface area contributed by atoms with Crippen molar-refractivity contribution >= 4 is 57.1 Å². The summed E-state index contributed by atoms with van der Waals surface area (Å²) in [6.07, 6.45) is 5.51. The normalized spacial score (nSPS) is 20.0. The van der Waals surface area contributed by atoms with Crippen molar-refractivity contribution in [3.05, 3.63) is 85.5 Å². The van der Waals surface area contributed by atoms with Crippen LogP contribution in [0.1, 0.15) is 17.4 Å². The highest BCUT2D eigenvalue weighted by Gasteiger charge is 2.61. The highest BCUT2D eigenvalue weighted by Crippen LogP contribution is 2.59. The van der Waals surface area contributed by atoms with E-state index in [9.17, 15) is 0 Å². The van der Waals surface area contributed by atoms with Crippen LogP contribution in [0.5, 0.6) is 0 Å². The summed E-state index contributed by atoms with van der Waals surface area (Å²) in [7, 11) is 0. The minimum absolute atomic E-state index is 0.0500. The number of imidazole rings is 1. The predicted molar refractivity (Wildman–Crippen MR) is 117 cm³/mol. The lowest BCUT2D eigenvalue weighted by Crippen LogP contribution is -2.16. The maximum Gasteiger partial charge on any atom is 0.414 e. The molecule has 0 radical (unpaired) electrons. The number of halogens is 2. The number of carboxylic acids is 2. The van der Waals surface area contributed by atoms with E-state index in [2.05, 4.69) is 98.7 Å². The van der Waals surface area contributed by atoms with E-state index < -0.39 is 17.5 Å². The molecule has 9 heteroatoms. The van der Waals surface area contributed by atoms with Crippen LogP contribution in [0.3, 0.4) is 0 Å². The third-order valence-electron chi connectivity index (χ3n) is 4.11. The monoisotopic (exact) mass is 604 g/mol. The Morgan fingerprint density at radius 1 is 1.04 bits per heavy atom. The maximum atomic E-state index is 9.10. The van der Waals surface area contributed by atoms with Gasteiger partial charge in [0.05, 0.1) is 6.33 Å². The lowest BCUT2D eigenvalue weighted by molar-refractivity contribution is -0.159. The van der Waals surface area contributed by atoms with Crippen molar-refractivity contribution in [1.82, 2.24) is 9.55 Å². The molecule has 0 aliphatic carbocycles. The van der Waals surface area contributed by atoms with Crippen LogP contribution < -0.4 is 0 Å². The molecule has 0 spiro atoms. The number of benzene rings is 2. The summed E-state index contributed by atoms with van der Waals surface area (Å²) in [4.78, 5) is 22.4. The van der Waals surface area contributed by atoms with Gasteiger partial charge < -0.3 is 19.5 Å². The van der Waals surface area contributed by atoms with E-state index >= 15 is 0 Å². The number of carboxylic acid groups (broad SMARTS) is 2. The Morgan fingerprint density at radius 3 is 2.21 bits per heavy atom. The van der Waals surface area contributed by atoms with Crippen LogP contribution in [-0.2, 0) is 19.9 Å². The zero-order valence-corrected chi connectivity index (χ0v) is 18.5. The molecule has 28 heavy (non-hydrogen) atoms. The van der Waals surface area contributed by atoms with E-state index in [1.165, 1.54) is 18.3 Å². The first-order valence-electron chi connectivity index (χ1n) is 7.98. The van der Waals surface area contributed by atoms with Crippen LogP contribution >= 0.6 is 45.2 Å². The van der Waals surface area contributed by atoms with Gasteiger partial charge in [0.1, 0.15) is 0 Å². The Labute approximate surface area is 187 Å². The van der Waals surface area contributed by atoms with E-state index in [0.29, 0.717) is 0 Å². The van der Waals surface area contributed by atoms with Gasteiger partial charge >= 0.3 is 11.9 Å². The van der Waals surface area contributed by atoms with Gasteiger partial charge in [0, 0.05) is 25.1 Å². The molecule has 0 amide bonds. The lowest BCUT2D eigenvalue weighted by Gasteiger charge is -2.16. The second kappa shape index (κ2) is 8.57. The van der Waals surface area contributed by atoms with Crippen molar-refractivity contribution < 1.29 is 24.5 Å². The summed E-state index contributed by atoms with van der Waals surface area (Å²) in [6.45, 7) is 0. The average molecular weight is 604 g/mol. The molecular weight excluding hydrogens is 590 g/mol. The summed E-state index contributed by atoms with van der Waals surface area (Å²) >= 11 is 4.71. The maximum absolute atomic E-state index is 9.10. The second-order valence-electron chi connectivity index (χ2n) is 5.81. The van der Waals surface area contributed by atoms with Gasteiger partial charge in [-0.15, -0.1) is 0 Å². The molecule has 7 nitrogen and oxygen atoms in total. The third kappa shape index (κ3) is 4.20. The number of aromatic nitrogens is 2. The number of nitrogens with zero attached hydrogens (tertiary/aromatic N) is 2. The minimum Gasteiger partial charge on any atom is -0.473 e. The molecule has 2 aromatic carbocycles. The number of aliphatic carboxylic acids is 2. The fourth-order valence-corrected chi connectivity index (χ4v) is 3.99. The van der Waals surface area contributed by atoms with E-state index in [1.807, 2.05) is 17.1 Å². The molecule has 2 heterocycles. The number of carbonyl (C=O) groups is 2. The Morgan fingerprint density at radius 2 is 1.68 bits per heavy atom. The lowest BCUT2D eigenvalue weighted by atomic mass is 9.90. The molecule has 1 aliphatic rings. The average Bonchev–Trinajstić information content (AvgIpc) is 3.17. The van der Waals surface area contributed by atoms with Crippen LogP contribution in [-0.4, -0.2) is 31.7 Å². The summed E-state index contributed by atoms with van der Waals surface area (Å²) in [6, 6.07) is 17.0. The molecule has 1 aliphatic heterocycles. The number of hydrogen-bond acceptors (Lipinski definition) is 4. The number of epoxide rings is 1. The number of hydrogen-bond donors (Lipinski definition) is 2. The first-order chi connectivity index (χ1) is 13.4. The van der Waals surface area contributed by atoms with Crippen molar-refractivity contribution in [3.8, 4) is 0 Å². The van der Waals surface area contributed by atoms with Gasteiger partial charge in [-0.25, -0.2) is 14.6 Å². The van der Waals surface area contributed by atoms with Crippen LogP contribution in [0.25, 0.3) is 0 Å². The Hall–Kier alpha value is -1.99. The molecule has 1 fully saturated rings. The Balaban J connectivity index is 0.000000330. The molecule has 2 N–H and O–H groups in total. The Kier molecular flexibility index (Phi) is 6.35. The largest absolute Gasteiger partial charge is 0.473 e. The topological polar surface area (TPSA) is 105 Å². The molecular formula is C19H14I2N2O5. The van der Waals surface area contributed by atoms with Crippen molar-refractivity contribution in [2.45, 2.75) is 11.8 Å². The summed E-state index contributed by atoms with van der Waals surface area (Å²) < 4.78 is 10.7. The minimum atomic E-state index is -1.82. The quantitative estimate of drug-likeness (QED) is 0.269. The highest BCUT2D eigenvalue weighted by atomic mass is 127. The first kappa shape index (κ1) is 20.7. The van der Waals surface area contributed by atoms with Crippen molar-refractivity contribution in [3.63, 3.8) is 0 Å².